The number of rotatable bonds is 67. The van der Waals surface area contributed by atoms with Crippen LogP contribution in [-0.2, 0) is 65.4 Å². The van der Waals surface area contributed by atoms with Crippen molar-refractivity contribution in [3.63, 3.8) is 0 Å². The zero-order valence-electron chi connectivity index (χ0n) is 56.3. The SMILES string of the molecule is CCCCCCCCCCCCCCCCCCCCCCC(=O)O[C@H](COC(=O)CCCCCCCCCCC(C)CC)COP(=O)(O)OC[C@@H](O)COP(=O)(O)OC[C@@H](COC(=O)CCCCCCC)OC(=O)CCCCCCCCCC(C)C. The molecule has 0 saturated heterocycles. The maximum Gasteiger partial charge on any atom is 0.472 e. The standard InChI is InChI=1S/C68H132O17P2/c1-7-10-12-14-15-16-17-18-19-20-21-22-23-24-25-26-27-34-40-46-52-67(72)85-64(57-79-66(71)51-45-39-33-29-28-32-38-43-49-61(6)9-3)59-83-87(76,77)81-55-62(69)54-80-86(74,75)82-58-63(56-78-65(70)50-44-36-13-11-8-2)84-68(73)53-47-41-35-30-31-37-42-48-60(4)5/h60-64,69H,7-59H2,1-6H3,(H,74,75)(H,76,77)/t61?,62-,63+,64+/m0/s1. The van der Waals surface area contributed by atoms with Gasteiger partial charge in [0.25, 0.3) is 0 Å². The Kier molecular flexibility index (Phi) is 59.0. The van der Waals surface area contributed by atoms with Crippen molar-refractivity contribution in [1.82, 2.24) is 0 Å². The van der Waals surface area contributed by atoms with E-state index in [2.05, 4.69) is 41.5 Å². The lowest BCUT2D eigenvalue weighted by molar-refractivity contribution is -0.161. The van der Waals surface area contributed by atoms with Crippen molar-refractivity contribution in [3.8, 4) is 0 Å². The van der Waals surface area contributed by atoms with Crippen molar-refractivity contribution in [1.29, 1.82) is 0 Å². The molecule has 6 atom stereocenters. The Morgan fingerprint density at radius 1 is 0.333 bits per heavy atom. The molecule has 3 N–H and O–H groups in total. The first kappa shape index (κ1) is 85.1. The molecule has 0 aromatic carbocycles. The van der Waals surface area contributed by atoms with Gasteiger partial charge >= 0.3 is 39.5 Å². The molecule has 0 radical (unpaired) electrons. The number of aliphatic hydroxyl groups excluding tert-OH is 1. The minimum Gasteiger partial charge on any atom is -0.462 e. The van der Waals surface area contributed by atoms with E-state index in [0.29, 0.717) is 31.6 Å². The minimum atomic E-state index is -4.95. The molecule has 0 aromatic heterocycles. The third-order valence-corrected chi connectivity index (χ3v) is 18.0. The molecule has 87 heavy (non-hydrogen) atoms. The van der Waals surface area contributed by atoms with Crippen LogP contribution >= 0.6 is 15.6 Å². The second-order valence-electron chi connectivity index (χ2n) is 25.3. The number of esters is 4. The molecule has 19 heteroatoms. The van der Waals surface area contributed by atoms with Crippen LogP contribution in [0.5, 0.6) is 0 Å². The highest BCUT2D eigenvalue weighted by molar-refractivity contribution is 7.47. The summed E-state index contributed by atoms with van der Waals surface area (Å²) in [6, 6.07) is 0. The van der Waals surface area contributed by atoms with Gasteiger partial charge in [-0.15, -0.1) is 0 Å². The van der Waals surface area contributed by atoms with Crippen molar-refractivity contribution >= 4 is 39.5 Å². The fourth-order valence-electron chi connectivity index (χ4n) is 10.2. The Hall–Kier alpha value is -1.94. The average molecular weight is 1280 g/mol. The number of carbonyl (C=O) groups excluding carboxylic acids is 4. The van der Waals surface area contributed by atoms with E-state index in [9.17, 15) is 43.2 Å². The van der Waals surface area contributed by atoms with Gasteiger partial charge < -0.3 is 33.8 Å². The number of carbonyl (C=O) groups is 4. The molecular formula is C68H132O17P2. The van der Waals surface area contributed by atoms with Crippen LogP contribution in [0.2, 0.25) is 0 Å². The van der Waals surface area contributed by atoms with E-state index in [-0.39, 0.29) is 25.7 Å². The molecule has 0 amide bonds. The van der Waals surface area contributed by atoms with E-state index in [1.807, 2.05) is 0 Å². The second-order valence-corrected chi connectivity index (χ2v) is 28.2. The highest BCUT2D eigenvalue weighted by atomic mass is 31.2. The third-order valence-electron chi connectivity index (χ3n) is 16.1. The number of ether oxygens (including phenoxy) is 4. The van der Waals surface area contributed by atoms with Crippen LogP contribution in [0.4, 0.5) is 0 Å². The molecule has 0 fully saturated rings. The van der Waals surface area contributed by atoms with Crippen LogP contribution in [0.1, 0.15) is 343 Å². The van der Waals surface area contributed by atoms with E-state index in [1.165, 1.54) is 154 Å². The number of aliphatic hydroxyl groups is 1. The Balaban J connectivity index is 5.12. The predicted octanol–water partition coefficient (Wildman–Crippen LogP) is 19.2. The fraction of sp³-hybridized carbons (Fsp3) is 0.941. The van der Waals surface area contributed by atoms with Gasteiger partial charge in [0.1, 0.15) is 19.3 Å². The van der Waals surface area contributed by atoms with E-state index in [4.69, 9.17) is 37.0 Å². The Morgan fingerprint density at radius 2 is 0.586 bits per heavy atom. The Morgan fingerprint density at radius 3 is 0.874 bits per heavy atom. The number of hydrogen-bond acceptors (Lipinski definition) is 15. The van der Waals surface area contributed by atoms with Crippen molar-refractivity contribution in [3.05, 3.63) is 0 Å². The molecule has 0 aliphatic heterocycles. The van der Waals surface area contributed by atoms with Gasteiger partial charge in [-0.2, -0.15) is 0 Å². The minimum absolute atomic E-state index is 0.102. The Bertz CT molecular complexity index is 1700. The van der Waals surface area contributed by atoms with Gasteiger partial charge in [0, 0.05) is 25.7 Å². The topological polar surface area (TPSA) is 237 Å². The lowest BCUT2D eigenvalue weighted by Gasteiger charge is -2.21. The van der Waals surface area contributed by atoms with Gasteiger partial charge in [-0.05, 0) is 37.5 Å². The van der Waals surface area contributed by atoms with E-state index >= 15 is 0 Å². The summed E-state index contributed by atoms with van der Waals surface area (Å²) in [6.07, 6.45) is 45.0. The van der Waals surface area contributed by atoms with Crippen molar-refractivity contribution < 1.29 is 80.2 Å². The number of unbranched alkanes of at least 4 members (excludes halogenated alkanes) is 36. The van der Waals surface area contributed by atoms with Gasteiger partial charge in [-0.1, -0.05) is 292 Å². The van der Waals surface area contributed by atoms with Crippen molar-refractivity contribution in [2.45, 2.75) is 362 Å². The molecule has 0 saturated carbocycles. The predicted molar refractivity (Wildman–Crippen MR) is 349 cm³/mol. The highest BCUT2D eigenvalue weighted by Gasteiger charge is 2.30. The van der Waals surface area contributed by atoms with Gasteiger partial charge in [0.2, 0.25) is 0 Å². The number of phosphoric ester groups is 2. The first-order valence-corrected chi connectivity index (χ1v) is 38.5. The maximum atomic E-state index is 13.0. The lowest BCUT2D eigenvalue weighted by atomic mass is 9.99. The molecule has 0 aliphatic rings. The summed E-state index contributed by atoms with van der Waals surface area (Å²) in [5, 5.41) is 10.5. The molecule has 0 aliphatic carbocycles. The van der Waals surface area contributed by atoms with Crippen molar-refractivity contribution in [2.24, 2.45) is 11.8 Å². The number of hydrogen-bond donors (Lipinski definition) is 3. The highest BCUT2D eigenvalue weighted by Crippen LogP contribution is 2.45. The van der Waals surface area contributed by atoms with Crippen LogP contribution in [0.15, 0.2) is 0 Å². The van der Waals surface area contributed by atoms with E-state index in [0.717, 1.165) is 102 Å². The summed E-state index contributed by atoms with van der Waals surface area (Å²) in [5.41, 5.74) is 0. The fourth-order valence-corrected chi connectivity index (χ4v) is 11.8. The van der Waals surface area contributed by atoms with Crippen LogP contribution < -0.4 is 0 Å². The first-order chi connectivity index (χ1) is 41.9. The third kappa shape index (κ3) is 61.3. The van der Waals surface area contributed by atoms with Crippen LogP contribution in [0.3, 0.4) is 0 Å². The smallest absolute Gasteiger partial charge is 0.462 e. The summed E-state index contributed by atoms with van der Waals surface area (Å²) in [4.78, 5) is 72.1. The van der Waals surface area contributed by atoms with Gasteiger partial charge in [-0.25, -0.2) is 9.13 Å². The quantitative estimate of drug-likeness (QED) is 0.0222. The maximum absolute atomic E-state index is 13.0. The molecular weight excluding hydrogens is 1150 g/mol. The van der Waals surface area contributed by atoms with E-state index in [1.54, 1.807) is 0 Å². The van der Waals surface area contributed by atoms with Gasteiger partial charge in [0.05, 0.1) is 26.4 Å². The normalized spacial score (nSPS) is 14.5. The first-order valence-electron chi connectivity index (χ1n) is 35.5. The van der Waals surface area contributed by atoms with Gasteiger partial charge in [0.15, 0.2) is 12.2 Å². The summed E-state index contributed by atoms with van der Waals surface area (Å²) >= 11 is 0. The summed E-state index contributed by atoms with van der Waals surface area (Å²) < 4.78 is 67.9. The zero-order valence-corrected chi connectivity index (χ0v) is 58.1. The lowest BCUT2D eigenvalue weighted by Crippen LogP contribution is -2.30. The van der Waals surface area contributed by atoms with Crippen LogP contribution in [0, 0.1) is 11.8 Å². The van der Waals surface area contributed by atoms with Gasteiger partial charge in [-0.3, -0.25) is 37.3 Å². The number of phosphoric acid groups is 2. The van der Waals surface area contributed by atoms with Crippen LogP contribution in [-0.4, -0.2) is 96.7 Å². The summed E-state index contributed by atoms with van der Waals surface area (Å²) in [5.74, 6) is -0.669. The Labute approximate surface area is 530 Å². The van der Waals surface area contributed by atoms with Crippen LogP contribution in [0.25, 0.3) is 0 Å². The second kappa shape index (κ2) is 60.3. The molecule has 516 valence electrons. The molecule has 0 rings (SSSR count). The molecule has 0 bridgehead atoms. The largest absolute Gasteiger partial charge is 0.472 e. The molecule has 17 nitrogen and oxygen atoms in total. The molecule has 3 unspecified atom stereocenters. The van der Waals surface area contributed by atoms with E-state index < -0.39 is 97.5 Å². The summed E-state index contributed by atoms with van der Waals surface area (Å²) in [6.45, 7) is 9.37. The monoisotopic (exact) mass is 1280 g/mol. The molecule has 0 heterocycles. The molecule has 0 aromatic rings. The average Bonchev–Trinajstić information content (AvgIpc) is 3.70. The molecule has 0 spiro atoms. The summed E-state index contributed by atoms with van der Waals surface area (Å²) in [7, 11) is -9.89. The zero-order chi connectivity index (χ0) is 64.3. The van der Waals surface area contributed by atoms with Crippen molar-refractivity contribution in [2.75, 3.05) is 39.6 Å².